The number of carboxylic acid groups (broad SMARTS) is 1. The zero-order chi connectivity index (χ0) is 21.5. The first kappa shape index (κ1) is 18.9. The smallest absolute Gasteiger partial charge is 0.414 e. The van der Waals surface area contributed by atoms with Crippen molar-refractivity contribution in [3.63, 3.8) is 0 Å². The largest absolute Gasteiger partial charge is 0.478 e. The highest BCUT2D eigenvalue weighted by Crippen LogP contribution is 2.44. The minimum atomic E-state index is -1.12. The van der Waals surface area contributed by atoms with E-state index in [-0.39, 0.29) is 30.3 Å². The molecule has 7 nitrogen and oxygen atoms in total. The van der Waals surface area contributed by atoms with E-state index in [1.807, 2.05) is 36.4 Å². The van der Waals surface area contributed by atoms with Gasteiger partial charge in [-0.15, -0.1) is 0 Å². The molecule has 0 saturated heterocycles. The van der Waals surface area contributed by atoms with E-state index < -0.39 is 18.0 Å². The van der Waals surface area contributed by atoms with Gasteiger partial charge in [-0.2, -0.15) is 0 Å². The number of anilines is 2. The third kappa shape index (κ3) is 3.20. The average molecular weight is 414 g/mol. The Morgan fingerprint density at radius 3 is 2.29 bits per heavy atom. The molecule has 0 radical (unpaired) electrons. The van der Waals surface area contributed by atoms with Gasteiger partial charge in [-0.25, -0.2) is 9.59 Å². The quantitative estimate of drug-likeness (QED) is 0.673. The van der Waals surface area contributed by atoms with Crippen LogP contribution in [-0.4, -0.2) is 36.2 Å². The monoisotopic (exact) mass is 414 g/mol. The normalized spacial score (nSPS) is 14.3. The van der Waals surface area contributed by atoms with Crippen LogP contribution in [0.5, 0.6) is 0 Å². The highest BCUT2D eigenvalue weighted by molar-refractivity contribution is 6.09. The van der Waals surface area contributed by atoms with E-state index in [9.17, 15) is 19.5 Å². The van der Waals surface area contributed by atoms with Crippen LogP contribution in [0.3, 0.4) is 0 Å². The van der Waals surface area contributed by atoms with Crippen LogP contribution >= 0.6 is 0 Å². The summed E-state index contributed by atoms with van der Waals surface area (Å²) >= 11 is 0. The number of carbonyl (C=O) groups is 3. The molecule has 3 aromatic carbocycles. The van der Waals surface area contributed by atoms with Gasteiger partial charge in [0.2, 0.25) is 5.91 Å². The number of carbonyl (C=O) groups excluding carboxylic acids is 2. The van der Waals surface area contributed by atoms with Gasteiger partial charge in [0, 0.05) is 5.92 Å². The van der Waals surface area contributed by atoms with E-state index in [1.165, 1.54) is 23.1 Å². The van der Waals surface area contributed by atoms with Crippen LogP contribution in [0, 0.1) is 0 Å². The van der Waals surface area contributed by atoms with Crippen LogP contribution in [-0.2, 0) is 9.53 Å². The fourth-order valence-corrected chi connectivity index (χ4v) is 4.26. The lowest BCUT2D eigenvalue weighted by atomic mass is 9.98. The molecule has 2 amide bonds. The molecule has 0 bridgehead atoms. The van der Waals surface area contributed by atoms with E-state index in [0.29, 0.717) is 5.69 Å². The van der Waals surface area contributed by atoms with Gasteiger partial charge in [-0.3, -0.25) is 9.69 Å². The van der Waals surface area contributed by atoms with Crippen molar-refractivity contribution in [2.45, 2.75) is 5.92 Å². The molecule has 1 heterocycles. The number of benzene rings is 3. The molecule has 0 atom stereocenters. The first-order valence-electron chi connectivity index (χ1n) is 9.82. The Kier molecular flexibility index (Phi) is 4.43. The van der Waals surface area contributed by atoms with E-state index >= 15 is 0 Å². The number of amides is 2. The third-order valence-corrected chi connectivity index (χ3v) is 5.67. The van der Waals surface area contributed by atoms with Crippen molar-refractivity contribution in [3.8, 4) is 11.1 Å². The van der Waals surface area contributed by atoms with Crippen molar-refractivity contribution >= 4 is 29.3 Å². The minimum absolute atomic E-state index is 0.0217. The fraction of sp³-hybridized carbons (Fsp3) is 0.125. The van der Waals surface area contributed by atoms with Crippen molar-refractivity contribution < 1.29 is 24.2 Å². The molecule has 2 N–H and O–H groups in total. The Hall–Kier alpha value is -4.13. The lowest BCUT2D eigenvalue weighted by Crippen LogP contribution is -2.42. The predicted octanol–water partition coefficient (Wildman–Crippen LogP) is 4.09. The molecule has 1 aliphatic carbocycles. The van der Waals surface area contributed by atoms with E-state index in [2.05, 4.69) is 17.4 Å². The molecule has 3 aromatic rings. The maximum Gasteiger partial charge on any atom is 0.414 e. The summed E-state index contributed by atoms with van der Waals surface area (Å²) in [5.74, 6) is -1.62. The van der Waals surface area contributed by atoms with Gasteiger partial charge >= 0.3 is 12.1 Å². The van der Waals surface area contributed by atoms with Gasteiger partial charge in [0.05, 0.1) is 16.9 Å². The highest BCUT2D eigenvalue weighted by atomic mass is 16.6. The van der Waals surface area contributed by atoms with Crippen molar-refractivity contribution in [2.75, 3.05) is 23.4 Å². The summed E-state index contributed by atoms with van der Waals surface area (Å²) in [6.45, 7) is -0.0659. The molecule has 0 saturated carbocycles. The van der Waals surface area contributed by atoms with Gasteiger partial charge < -0.3 is 15.2 Å². The standard InChI is InChI=1S/C24H18N2O5/c27-22-12-26(21-10-9-14(23(28)29)11-20(21)25-22)24(30)31-13-19-17-7-3-1-5-15(17)16-6-2-4-8-18(16)19/h1-11,19H,12-13H2,(H,25,27)(H,28,29). The molecule has 2 aliphatic rings. The minimum Gasteiger partial charge on any atom is -0.478 e. The molecule has 154 valence electrons. The lowest BCUT2D eigenvalue weighted by Gasteiger charge is -2.29. The van der Waals surface area contributed by atoms with Crippen LogP contribution in [0.4, 0.5) is 16.2 Å². The Balaban J connectivity index is 1.40. The summed E-state index contributed by atoms with van der Waals surface area (Å²) in [6.07, 6.45) is -0.652. The van der Waals surface area contributed by atoms with Gasteiger partial charge in [0.1, 0.15) is 13.2 Å². The Labute approximate surface area is 177 Å². The summed E-state index contributed by atoms with van der Waals surface area (Å²) in [4.78, 5) is 37.5. The molecule has 0 aromatic heterocycles. The summed E-state index contributed by atoms with van der Waals surface area (Å²) in [5.41, 5.74) is 5.14. The Morgan fingerprint density at radius 2 is 1.65 bits per heavy atom. The fourth-order valence-electron chi connectivity index (χ4n) is 4.26. The molecule has 5 rings (SSSR count). The van der Waals surface area contributed by atoms with Crippen LogP contribution < -0.4 is 10.2 Å². The topological polar surface area (TPSA) is 95.9 Å². The number of hydrogen-bond donors (Lipinski definition) is 2. The first-order chi connectivity index (χ1) is 15.0. The van der Waals surface area contributed by atoms with Crippen LogP contribution in [0.25, 0.3) is 11.1 Å². The summed E-state index contributed by atoms with van der Waals surface area (Å²) in [5, 5.41) is 11.8. The maximum atomic E-state index is 12.9. The maximum absolute atomic E-state index is 12.9. The number of hydrogen-bond acceptors (Lipinski definition) is 4. The zero-order valence-electron chi connectivity index (χ0n) is 16.4. The van der Waals surface area contributed by atoms with Gasteiger partial charge in [-0.1, -0.05) is 48.5 Å². The van der Waals surface area contributed by atoms with Crippen molar-refractivity contribution in [1.29, 1.82) is 0 Å². The second kappa shape index (κ2) is 7.28. The van der Waals surface area contributed by atoms with Crippen LogP contribution in [0.1, 0.15) is 27.4 Å². The Morgan fingerprint density at radius 1 is 1.00 bits per heavy atom. The number of fused-ring (bicyclic) bond motifs is 4. The van der Waals surface area contributed by atoms with Crippen LogP contribution in [0.15, 0.2) is 66.7 Å². The van der Waals surface area contributed by atoms with E-state index in [0.717, 1.165) is 22.3 Å². The summed E-state index contributed by atoms with van der Waals surface area (Å²) < 4.78 is 5.65. The number of nitrogens with zero attached hydrogens (tertiary/aromatic N) is 1. The van der Waals surface area contributed by atoms with E-state index in [1.54, 1.807) is 0 Å². The second-order valence-corrected chi connectivity index (χ2v) is 7.48. The number of rotatable bonds is 3. The molecular formula is C24H18N2O5. The molecule has 0 spiro atoms. The number of ether oxygens (including phenoxy) is 1. The molecule has 31 heavy (non-hydrogen) atoms. The molecule has 7 heteroatoms. The average Bonchev–Trinajstić information content (AvgIpc) is 3.10. The Bertz CT molecular complexity index is 1190. The van der Waals surface area contributed by atoms with Crippen molar-refractivity contribution in [2.24, 2.45) is 0 Å². The first-order valence-corrected chi connectivity index (χ1v) is 9.82. The van der Waals surface area contributed by atoms with Gasteiger partial charge in [0.15, 0.2) is 0 Å². The number of carboxylic acids is 1. The number of nitrogens with one attached hydrogen (secondary N) is 1. The predicted molar refractivity (Wildman–Crippen MR) is 114 cm³/mol. The SMILES string of the molecule is O=C1CN(C(=O)OCC2c3ccccc3-c3ccccc32)c2ccc(C(=O)O)cc2N1. The second-order valence-electron chi connectivity index (χ2n) is 7.48. The van der Waals surface area contributed by atoms with Gasteiger partial charge in [0.25, 0.3) is 0 Å². The molecule has 1 aliphatic heterocycles. The molecule has 0 unspecified atom stereocenters. The van der Waals surface area contributed by atoms with Crippen molar-refractivity contribution in [1.82, 2.24) is 0 Å². The van der Waals surface area contributed by atoms with Gasteiger partial charge in [-0.05, 0) is 40.5 Å². The summed E-state index contributed by atoms with van der Waals surface area (Å²) in [6, 6.07) is 20.3. The van der Waals surface area contributed by atoms with Crippen LogP contribution in [0.2, 0.25) is 0 Å². The van der Waals surface area contributed by atoms with Crippen molar-refractivity contribution in [3.05, 3.63) is 83.4 Å². The molecular weight excluding hydrogens is 396 g/mol. The zero-order valence-corrected chi connectivity index (χ0v) is 16.4. The highest BCUT2D eigenvalue weighted by Gasteiger charge is 2.32. The van der Waals surface area contributed by atoms with E-state index in [4.69, 9.17) is 4.74 Å². The number of aromatic carboxylic acids is 1. The summed E-state index contributed by atoms with van der Waals surface area (Å²) in [7, 11) is 0. The lowest BCUT2D eigenvalue weighted by molar-refractivity contribution is -0.115. The molecule has 0 fully saturated rings. The third-order valence-electron chi connectivity index (χ3n) is 5.67.